The lowest BCUT2D eigenvalue weighted by Crippen LogP contribution is -1.99. The fourth-order valence-electron chi connectivity index (χ4n) is 7.81. The molecular weight excluding hydrogens is 605 g/mol. The SMILES string of the molecule is CCc1cc(CC)c(-c2cc3ccccc3c3c2op(N)oc2c(-c4c(CC)cc(CC)cc4CC)cc4ccccc4c23)c(CC)c1. The van der Waals surface area contributed by atoms with Crippen LogP contribution in [0.2, 0.25) is 0 Å². The molecule has 0 fully saturated rings. The van der Waals surface area contributed by atoms with Gasteiger partial charge in [0.1, 0.15) is 0 Å². The predicted octanol–water partition coefficient (Wildman–Crippen LogP) is 13.0. The first-order valence-corrected chi connectivity index (χ1v) is 19.0. The van der Waals surface area contributed by atoms with Gasteiger partial charge in [0.2, 0.25) is 0 Å². The van der Waals surface area contributed by atoms with Crippen LogP contribution in [0.1, 0.15) is 74.9 Å². The van der Waals surface area contributed by atoms with Gasteiger partial charge in [-0.05, 0) is 117 Å². The van der Waals surface area contributed by atoms with Crippen LogP contribution >= 0.6 is 8.16 Å². The average Bonchev–Trinajstić information content (AvgIpc) is 3.29. The van der Waals surface area contributed by atoms with Crippen molar-refractivity contribution in [3.8, 4) is 22.3 Å². The molecule has 4 heteroatoms. The summed E-state index contributed by atoms with van der Waals surface area (Å²) in [6.45, 7) is 13.5. The van der Waals surface area contributed by atoms with Gasteiger partial charge < -0.3 is 8.39 Å². The van der Waals surface area contributed by atoms with E-state index in [0.29, 0.717) is 0 Å². The molecule has 7 aromatic rings. The van der Waals surface area contributed by atoms with E-state index >= 15 is 0 Å². The first-order chi connectivity index (χ1) is 23.4. The molecule has 1 aromatic heterocycles. The molecule has 0 radical (unpaired) electrons. The maximum Gasteiger partial charge on any atom is 0.303 e. The van der Waals surface area contributed by atoms with Crippen LogP contribution < -0.4 is 5.50 Å². The number of nitrogens with two attached hydrogens (primary N) is 1. The van der Waals surface area contributed by atoms with Crippen molar-refractivity contribution in [1.29, 1.82) is 0 Å². The number of hydrogen-bond donors (Lipinski definition) is 1. The van der Waals surface area contributed by atoms with Crippen molar-refractivity contribution in [3.63, 3.8) is 0 Å². The van der Waals surface area contributed by atoms with Gasteiger partial charge in [-0.15, -0.1) is 0 Å². The van der Waals surface area contributed by atoms with E-state index in [0.717, 1.165) is 82.4 Å². The molecule has 3 nitrogen and oxygen atoms in total. The van der Waals surface area contributed by atoms with Gasteiger partial charge in [0.15, 0.2) is 11.2 Å². The second kappa shape index (κ2) is 13.3. The molecule has 0 aliphatic carbocycles. The minimum absolute atomic E-state index is 0.824. The lowest BCUT2D eigenvalue weighted by molar-refractivity contribution is 0.649. The molecular formula is C44H46NO2P. The summed E-state index contributed by atoms with van der Waals surface area (Å²) < 4.78 is 13.8. The summed E-state index contributed by atoms with van der Waals surface area (Å²) >= 11 is 0. The molecule has 0 saturated carbocycles. The van der Waals surface area contributed by atoms with E-state index in [4.69, 9.17) is 13.9 Å². The van der Waals surface area contributed by atoms with Gasteiger partial charge in [-0.3, -0.25) is 0 Å². The van der Waals surface area contributed by atoms with Crippen molar-refractivity contribution in [1.82, 2.24) is 0 Å². The molecule has 0 spiro atoms. The van der Waals surface area contributed by atoms with E-state index in [-0.39, 0.29) is 0 Å². The molecule has 0 aliphatic rings. The van der Waals surface area contributed by atoms with Gasteiger partial charge in [-0.25, -0.2) is 5.50 Å². The van der Waals surface area contributed by atoms with E-state index in [1.54, 1.807) is 0 Å². The Balaban J connectivity index is 1.78. The summed E-state index contributed by atoms with van der Waals surface area (Å²) in [6.07, 6.45) is 5.75. The van der Waals surface area contributed by atoms with Crippen LogP contribution in [0.5, 0.6) is 0 Å². The van der Waals surface area contributed by atoms with Crippen LogP contribution in [0.25, 0.3) is 65.7 Å². The van der Waals surface area contributed by atoms with Crippen LogP contribution in [-0.2, 0) is 38.5 Å². The third-order valence-corrected chi connectivity index (χ3v) is 10.9. The van der Waals surface area contributed by atoms with Gasteiger partial charge in [0, 0.05) is 21.9 Å². The summed E-state index contributed by atoms with van der Waals surface area (Å²) in [5.41, 5.74) is 21.4. The molecule has 0 saturated heterocycles. The smallest absolute Gasteiger partial charge is 0.303 e. The zero-order valence-electron chi connectivity index (χ0n) is 29.2. The fraction of sp³-hybridized carbons (Fsp3) is 0.273. The molecule has 48 heavy (non-hydrogen) atoms. The van der Waals surface area contributed by atoms with Crippen molar-refractivity contribution >= 4 is 51.6 Å². The first-order valence-electron chi connectivity index (χ1n) is 17.8. The van der Waals surface area contributed by atoms with Crippen LogP contribution in [0, 0.1) is 0 Å². The van der Waals surface area contributed by atoms with E-state index in [1.807, 2.05) is 0 Å². The largest absolute Gasteiger partial charge is 0.407 e. The Bertz CT molecular complexity index is 2170. The lowest BCUT2D eigenvalue weighted by Gasteiger charge is -2.19. The third-order valence-electron chi connectivity index (χ3n) is 10.2. The molecule has 2 N–H and O–H groups in total. The average molecular weight is 652 g/mol. The van der Waals surface area contributed by atoms with Crippen LogP contribution in [0.4, 0.5) is 0 Å². The highest BCUT2D eigenvalue weighted by molar-refractivity contribution is 7.36. The summed E-state index contributed by atoms with van der Waals surface area (Å²) in [7, 11) is -1.79. The number of hydrogen-bond acceptors (Lipinski definition) is 3. The molecule has 0 unspecified atom stereocenters. The molecule has 0 amide bonds. The number of nitrogen functional groups attached to an aromatic ring is 1. The van der Waals surface area contributed by atoms with Gasteiger partial charge in [-0.2, -0.15) is 0 Å². The molecule has 0 atom stereocenters. The minimum Gasteiger partial charge on any atom is -0.407 e. The number of rotatable bonds is 8. The van der Waals surface area contributed by atoms with E-state index in [1.165, 1.54) is 55.3 Å². The molecule has 0 aliphatic heterocycles. The van der Waals surface area contributed by atoms with Crippen LogP contribution in [0.15, 0.2) is 93.3 Å². The van der Waals surface area contributed by atoms with Crippen molar-refractivity contribution in [3.05, 3.63) is 118 Å². The zero-order valence-corrected chi connectivity index (χ0v) is 30.1. The Hall–Kier alpha value is -4.30. The van der Waals surface area contributed by atoms with Gasteiger partial charge in [0.05, 0.1) is 0 Å². The molecule has 0 bridgehead atoms. The maximum absolute atomic E-state index is 6.94. The van der Waals surface area contributed by atoms with E-state index in [2.05, 4.69) is 126 Å². The predicted molar refractivity (Wildman–Crippen MR) is 209 cm³/mol. The van der Waals surface area contributed by atoms with Gasteiger partial charge in [-0.1, -0.05) is 114 Å². The molecule has 244 valence electrons. The highest BCUT2D eigenvalue weighted by atomic mass is 31.1. The van der Waals surface area contributed by atoms with Gasteiger partial charge in [0.25, 0.3) is 0 Å². The highest BCUT2D eigenvalue weighted by Crippen LogP contribution is 2.48. The second-order valence-electron chi connectivity index (χ2n) is 12.9. The molecule has 7 rings (SSSR count). The van der Waals surface area contributed by atoms with Gasteiger partial charge >= 0.3 is 8.16 Å². The Morgan fingerprint density at radius 2 is 0.833 bits per heavy atom. The number of fused-ring (bicyclic) bond motifs is 7. The van der Waals surface area contributed by atoms with Crippen molar-refractivity contribution in [2.24, 2.45) is 0 Å². The third kappa shape index (κ3) is 5.34. The Labute approximate surface area is 285 Å². The maximum atomic E-state index is 6.94. The summed E-state index contributed by atoms with van der Waals surface area (Å²) in [5, 5.41) is 6.77. The standard InChI is InChI=1S/C44H46NO2P/c1-7-27-21-29(9-3)39(30(10-4)22-27)37-25-33-17-13-15-19-35(33)41-42-36-20-16-14-18-34(36)26-38(44(42)47-48(45)46-43(37)41)40-31(11-5)23-28(8-2)24-32(40)12-6/h13-26H,7-12,45H2,1-6H3. The summed E-state index contributed by atoms with van der Waals surface area (Å²) in [4.78, 5) is 0. The molecule has 1 heterocycles. The quantitative estimate of drug-likeness (QED) is 0.178. The number of benzene rings is 6. The Morgan fingerprint density at radius 3 is 1.17 bits per heavy atom. The first kappa shape index (κ1) is 32.3. The summed E-state index contributed by atoms with van der Waals surface area (Å²) in [5.74, 6) is 0. The number of aryl methyl sites for hydroxylation is 6. The minimum atomic E-state index is -1.79. The topological polar surface area (TPSA) is 52.3 Å². The summed E-state index contributed by atoms with van der Waals surface area (Å²) in [6, 6.07) is 31.6. The van der Waals surface area contributed by atoms with Crippen LogP contribution in [0.3, 0.4) is 0 Å². The normalized spacial score (nSPS) is 11.7. The van der Waals surface area contributed by atoms with Crippen LogP contribution in [-0.4, -0.2) is 0 Å². The Morgan fingerprint density at radius 1 is 0.479 bits per heavy atom. The van der Waals surface area contributed by atoms with Crippen molar-refractivity contribution < 1.29 is 8.39 Å². The van der Waals surface area contributed by atoms with Crippen molar-refractivity contribution in [2.75, 3.05) is 5.50 Å². The monoisotopic (exact) mass is 651 g/mol. The Kier molecular flexibility index (Phi) is 8.94. The zero-order chi connectivity index (χ0) is 33.5. The van der Waals surface area contributed by atoms with Crippen molar-refractivity contribution in [2.45, 2.75) is 80.1 Å². The highest BCUT2D eigenvalue weighted by Gasteiger charge is 2.23. The molecule has 6 aromatic carbocycles. The van der Waals surface area contributed by atoms with E-state index in [9.17, 15) is 0 Å². The van der Waals surface area contributed by atoms with E-state index < -0.39 is 8.16 Å². The lowest BCUT2D eigenvalue weighted by atomic mass is 9.85. The fourth-order valence-corrected chi connectivity index (χ4v) is 8.58. The second-order valence-corrected chi connectivity index (χ2v) is 13.8.